The predicted molar refractivity (Wildman–Crippen MR) is 55.7 cm³/mol. The van der Waals surface area contributed by atoms with Gasteiger partial charge in [-0.1, -0.05) is 0 Å². The predicted octanol–water partition coefficient (Wildman–Crippen LogP) is 0.712. The third-order valence-corrected chi connectivity index (χ3v) is 1.84. The van der Waals surface area contributed by atoms with Crippen LogP contribution in [0, 0.1) is 0 Å². The maximum Gasteiger partial charge on any atom is 0.287 e. The standard InChI is InChI=1S/C9H13F2N3O2/c1-16-8-6(12)2-3-7(14-8)13-4-9(10,11)5-15/h2-3,15H,4-5,12H2,1H3,(H,13,14). The van der Waals surface area contributed by atoms with E-state index in [2.05, 4.69) is 10.3 Å². The van der Waals surface area contributed by atoms with E-state index in [1.807, 2.05) is 0 Å². The van der Waals surface area contributed by atoms with Crippen LogP contribution in [0.5, 0.6) is 5.88 Å². The van der Waals surface area contributed by atoms with Crippen molar-refractivity contribution >= 4 is 11.5 Å². The Morgan fingerprint density at radius 2 is 2.25 bits per heavy atom. The Morgan fingerprint density at radius 1 is 1.56 bits per heavy atom. The first-order valence-corrected chi connectivity index (χ1v) is 4.51. The molecular formula is C9H13F2N3O2. The number of hydrogen-bond acceptors (Lipinski definition) is 5. The van der Waals surface area contributed by atoms with Crippen LogP contribution in [-0.2, 0) is 0 Å². The molecule has 0 spiro atoms. The highest BCUT2D eigenvalue weighted by molar-refractivity contribution is 5.53. The van der Waals surface area contributed by atoms with Crippen LogP contribution >= 0.6 is 0 Å². The lowest BCUT2D eigenvalue weighted by Gasteiger charge is -2.14. The number of aliphatic hydroxyl groups is 1. The van der Waals surface area contributed by atoms with Gasteiger partial charge in [0.25, 0.3) is 5.92 Å². The highest BCUT2D eigenvalue weighted by atomic mass is 19.3. The number of ether oxygens (including phenoxy) is 1. The second-order valence-corrected chi connectivity index (χ2v) is 3.16. The number of aliphatic hydroxyl groups excluding tert-OH is 1. The molecule has 0 atom stereocenters. The summed E-state index contributed by atoms with van der Waals surface area (Å²) in [4.78, 5) is 3.85. The van der Waals surface area contributed by atoms with E-state index in [1.165, 1.54) is 19.2 Å². The van der Waals surface area contributed by atoms with Crippen LogP contribution in [-0.4, -0.2) is 36.3 Å². The fourth-order valence-electron chi connectivity index (χ4n) is 0.989. The van der Waals surface area contributed by atoms with E-state index >= 15 is 0 Å². The van der Waals surface area contributed by atoms with E-state index in [1.54, 1.807) is 0 Å². The van der Waals surface area contributed by atoms with E-state index < -0.39 is 19.1 Å². The van der Waals surface area contributed by atoms with Gasteiger partial charge in [0.2, 0.25) is 5.88 Å². The summed E-state index contributed by atoms with van der Waals surface area (Å²) in [7, 11) is 1.38. The van der Waals surface area contributed by atoms with Gasteiger partial charge >= 0.3 is 0 Å². The number of aromatic nitrogens is 1. The van der Waals surface area contributed by atoms with E-state index in [0.717, 1.165) is 0 Å². The number of alkyl halides is 2. The molecule has 0 saturated carbocycles. The smallest absolute Gasteiger partial charge is 0.287 e. The molecule has 0 aliphatic rings. The van der Waals surface area contributed by atoms with E-state index in [-0.39, 0.29) is 11.7 Å². The molecule has 16 heavy (non-hydrogen) atoms. The van der Waals surface area contributed by atoms with Gasteiger partial charge in [-0.15, -0.1) is 0 Å². The van der Waals surface area contributed by atoms with Crippen molar-refractivity contribution in [1.82, 2.24) is 4.98 Å². The minimum Gasteiger partial charge on any atom is -0.479 e. The molecule has 7 heteroatoms. The normalized spacial score (nSPS) is 11.2. The van der Waals surface area contributed by atoms with Gasteiger partial charge in [-0.3, -0.25) is 0 Å². The monoisotopic (exact) mass is 233 g/mol. The zero-order valence-electron chi connectivity index (χ0n) is 8.70. The van der Waals surface area contributed by atoms with Crippen molar-refractivity contribution < 1.29 is 18.6 Å². The van der Waals surface area contributed by atoms with Crippen LogP contribution in [0.15, 0.2) is 12.1 Å². The lowest BCUT2D eigenvalue weighted by atomic mass is 10.3. The van der Waals surface area contributed by atoms with Crippen molar-refractivity contribution in [1.29, 1.82) is 0 Å². The first-order valence-electron chi connectivity index (χ1n) is 4.51. The SMILES string of the molecule is COc1nc(NCC(F)(F)CO)ccc1N. The number of pyridine rings is 1. The number of methoxy groups -OCH3 is 1. The Hall–Kier alpha value is -1.63. The Balaban J connectivity index is 2.68. The Bertz CT molecular complexity index is 361. The summed E-state index contributed by atoms with van der Waals surface area (Å²) in [5.41, 5.74) is 5.83. The maximum atomic E-state index is 12.7. The van der Waals surface area contributed by atoms with Crippen LogP contribution in [0.3, 0.4) is 0 Å². The van der Waals surface area contributed by atoms with Crippen LogP contribution < -0.4 is 15.8 Å². The third kappa shape index (κ3) is 3.20. The number of nitrogens with zero attached hydrogens (tertiary/aromatic N) is 1. The lowest BCUT2D eigenvalue weighted by Crippen LogP contribution is -2.31. The van der Waals surface area contributed by atoms with Gasteiger partial charge in [0, 0.05) is 0 Å². The van der Waals surface area contributed by atoms with Crippen molar-refractivity contribution in [2.75, 3.05) is 31.3 Å². The molecule has 90 valence electrons. The van der Waals surface area contributed by atoms with E-state index in [9.17, 15) is 8.78 Å². The van der Waals surface area contributed by atoms with Gasteiger partial charge in [-0.2, -0.15) is 4.98 Å². The molecular weight excluding hydrogens is 220 g/mol. The molecule has 1 heterocycles. The summed E-state index contributed by atoms with van der Waals surface area (Å²) in [6, 6.07) is 2.94. The topological polar surface area (TPSA) is 80.4 Å². The van der Waals surface area contributed by atoms with Gasteiger partial charge in [-0.05, 0) is 12.1 Å². The first kappa shape index (κ1) is 12.4. The molecule has 1 aromatic heterocycles. The van der Waals surface area contributed by atoms with Crippen LogP contribution in [0.1, 0.15) is 0 Å². The second-order valence-electron chi connectivity index (χ2n) is 3.16. The molecule has 4 N–H and O–H groups in total. The van der Waals surface area contributed by atoms with Crippen LogP contribution in [0.25, 0.3) is 0 Å². The van der Waals surface area contributed by atoms with Crippen LogP contribution in [0.4, 0.5) is 20.3 Å². The molecule has 5 nitrogen and oxygen atoms in total. The number of nitrogens with two attached hydrogens (primary N) is 1. The van der Waals surface area contributed by atoms with Crippen molar-refractivity contribution in [2.45, 2.75) is 5.92 Å². The fourth-order valence-corrected chi connectivity index (χ4v) is 0.989. The van der Waals surface area contributed by atoms with Crippen molar-refractivity contribution in [3.05, 3.63) is 12.1 Å². The molecule has 0 saturated heterocycles. The molecule has 0 bridgehead atoms. The van der Waals surface area contributed by atoms with Gasteiger partial charge in [-0.25, -0.2) is 8.78 Å². The Labute approximate surface area is 91.2 Å². The zero-order chi connectivity index (χ0) is 12.2. The summed E-state index contributed by atoms with van der Waals surface area (Å²) in [5, 5.41) is 10.7. The zero-order valence-corrected chi connectivity index (χ0v) is 8.70. The fraction of sp³-hybridized carbons (Fsp3) is 0.444. The number of hydrogen-bond donors (Lipinski definition) is 3. The quantitative estimate of drug-likeness (QED) is 0.698. The summed E-state index contributed by atoms with van der Waals surface area (Å²) in [6.07, 6.45) is 0. The highest BCUT2D eigenvalue weighted by Crippen LogP contribution is 2.21. The molecule has 0 aromatic carbocycles. The summed E-state index contributed by atoms with van der Waals surface area (Å²) in [6.45, 7) is -1.92. The number of anilines is 2. The molecule has 0 aliphatic carbocycles. The summed E-state index contributed by atoms with van der Waals surface area (Å²) in [5.74, 6) is -2.81. The molecule has 1 rings (SSSR count). The Kier molecular flexibility index (Phi) is 3.83. The number of halogens is 2. The highest BCUT2D eigenvalue weighted by Gasteiger charge is 2.27. The van der Waals surface area contributed by atoms with E-state index in [0.29, 0.717) is 5.69 Å². The van der Waals surface area contributed by atoms with Gasteiger partial charge < -0.3 is 20.9 Å². The minimum atomic E-state index is -3.18. The Morgan fingerprint density at radius 3 is 2.81 bits per heavy atom. The van der Waals surface area contributed by atoms with Gasteiger partial charge in [0.15, 0.2) is 0 Å². The molecule has 0 amide bonds. The number of nitrogens with one attached hydrogen (secondary N) is 1. The number of nitrogen functional groups attached to an aromatic ring is 1. The molecule has 0 radical (unpaired) electrons. The second kappa shape index (κ2) is 4.93. The average molecular weight is 233 g/mol. The number of rotatable bonds is 5. The molecule has 0 unspecified atom stereocenters. The molecule has 1 aromatic rings. The first-order chi connectivity index (χ1) is 7.48. The van der Waals surface area contributed by atoms with E-state index in [4.69, 9.17) is 15.6 Å². The summed E-state index contributed by atoms with van der Waals surface area (Å²) >= 11 is 0. The minimum absolute atomic E-state index is 0.164. The van der Waals surface area contributed by atoms with Gasteiger partial charge in [0.1, 0.15) is 12.4 Å². The maximum absolute atomic E-state index is 12.7. The molecule has 0 fully saturated rings. The lowest BCUT2D eigenvalue weighted by molar-refractivity contribution is -0.0373. The van der Waals surface area contributed by atoms with Crippen molar-refractivity contribution in [3.8, 4) is 5.88 Å². The molecule has 0 aliphatic heterocycles. The average Bonchev–Trinajstić information content (AvgIpc) is 2.28. The summed E-state index contributed by atoms with van der Waals surface area (Å²) < 4.78 is 30.2. The van der Waals surface area contributed by atoms with Gasteiger partial charge in [0.05, 0.1) is 19.3 Å². The van der Waals surface area contributed by atoms with Crippen molar-refractivity contribution in [2.24, 2.45) is 0 Å². The van der Waals surface area contributed by atoms with Crippen molar-refractivity contribution in [3.63, 3.8) is 0 Å². The largest absolute Gasteiger partial charge is 0.479 e. The third-order valence-electron chi connectivity index (χ3n) is 1.84. The van der Waals surface area contributed by atoms with Crippen LogP contribution in [0.2, 0.25) is 0 Å².